The Bertz CT molecular complexity index is 542. The first-order valence-electron chi connectivity index (χ1n) is 7.01. The van der Waals surface area contributed by atoms with Crippen molar-refractivity contribution in [3.8, 4) is 5.75 Å². The predicted molar refractivity (Wildman–Crippen MR) is 87.0 cm³/mol. The maximum Gasteiger partial charge on any atom is 0.243 e. The minimum absolute atomic E-state index is 0. The van der Waals surface area contributed by atoms with Crippen molar-refractivity contribution < 1.29 is 17.9 Å². The molecule has 1 saturated heterocycles. The summed E-state index contributed by atoms with van der Waals surface area (Å²) in [6.45, 7) is 1.89. The number of nitrogens with zero attached hydrogens (tertiary/aromatic N) is 1. The van der Waals surface area contributed by atoms with Gasteiger partial charge in [-0.2, -0.15) is 4.31 Å². The van der Waals surface area contributed by atoms with Crippen LogP contribution in [0.3, 0.4) is 0 Å². The summed E-state index contributed by atoms with van der Waals surface area (Å²) in [5, 5.41) is 0. The molecule has 0 saturated carbocycles. The summed E-state index contributed by atoms with van der Waals surface area (Å²) in [4.78, 5) is 0.289. The average molecular weight is 351 g/mol. The average Bonchev–Trinajstić information content (AvgIpc) is 2.48. The van der Waals surface area contributed by atoms with Crippen LogP contribution in [0, 0.1) is 0 Å². The monoisotopic (exact) mass is 350 g/mol. The minimum atomic E-state index is -3.43. The van der Waals surface area contributed by atoms with Crippen molar-refractivity contribution in [3.63, 3.8) is 0 Å². The summed E-state index contributed by atoms with van der Waals surface area (Å²) in [6, 6.07) is 6.59. The van der Waals surface area contributed by atoms with Crippen molar-refractivity contribution in [2.75, 3.05) is 33.4 Å². The third-order valence-electron chi connectivity index (χ3n) is 3.52. The fraction of sp³-hybridized carbons (Fsp3) is 0.571. The normalized spacial score (nSPS) is 17.0. The van der Waals surface area contributed by atoms with E-state index in [0.29, 0.717) is 44.9 Å². The largest absolute Gasteiger partial charge is 0.491 e. The SMILES string of the molecule is COCCOc1ccc(S(=O)(=O)N2CCC(N)CC2)cc1.Cl. The molecule has 126 valence electrons. The Morgan fingerprint density at radius 1 is 1.18 bits per heavy atom. The van der Waals surface area contributed by atoms with E-state index in [-0.39, 0.29) is 23.3 Å². The van der Waals surface area contributed by atoms with Gasteiger partial charge in [0.1, 0.15) is 12.4 Å². The van der Waals surface area contributed by atoms with Crippen molar-refractivity contribution in [1.29, 1.82) is 0 Å². The van der Waals surface area contributed by atoms with Crippen LogP contribution in [0.25, 0.3) is 0 Å². The highest BCUT2D eigenvalue weighted by Gasteiger charge is 2.28. The Hall–Kier alpha value is -0.860. The molecule has 0 aromatic heterocycles. The molecule has 1 aromatic carbocycles. The van der Waals surface area contributed by atoms with E-state index in [9.17, 15) is 8.42 Å². The Balaban J connectivity index is 0.00000242. The van der Waals surface area contributed by atoms with Gasteiger partial charge in [-0.15, -0.1) is 12.4 Å². The minimum Gasteiger partial charge on any atom is -0.491 e. The van der Waals surface area contributed by atoms with E-state index in [1.54, 1.807) is 31.4 Å². The molecule has 0 bridgehead atoms. The molecule has 8 heteroatoms. The predicted octanol–water partition coefficient (Wildman–Crippen LogP) is 1.25. The van der Waals surface area contributed by atoms with Gasteiger partial charge in [0.15, 0.2) is 0 Å². The van der Waals surface area contributed by atoms with E-state index in [4.69, 9.17) is 15.2 Å². The van der Waals surface area contributed by atoms with Gasteiger partial charge in [-0.1, -0.05) is 0 Å². The van der Waals surface area contributed by atoms with E-state index in [1.807, 2.05) is 0 Å². The molecule has 0 amide bonds. The molecule has 1 heterocycles. The maximum atomic E-state index is 12.5. The molecule has 0 unspecified atom stereocenters. The third kappa shape index (κ3) is 4.82. The molecule has 0 spiro atoms. The van der Waals surface area contributed by atoms with E-state index in [2.05, 4.69) is 0 Å². The summed E-state index contributed by atoms with van der Waals surface area (Å²) < 4.78 is 36.8. The number of ether oxygens (including phenoxy) is 2. The summed E-state index contributed by atoms with van der Waals surface area (Å²) in [5.74, 6) is 0.631. The molecular weight excluding hydrogens is 328 g/mol. The Kier molecular flexibility index (Phi) is 7.58. The maximum absolute atomic E-state index is 12.5. The van der Waals surface area contributed by atoms with Crippen molar-refractivity contribution in [2.45, 2.75) is 23.8 Å². The second-order valence-corrected chi connectivity index (χ2v) is 6.99. The van der Waals surface area contributed by atoms with Crippen LogP contribution in [0.1, 0.15) is 12.8 Å². The van der Waals surface area contributed by atoms with Crippen molar-refractivity contribution >= 4 is 22.4 Å². The first kappa shape index (κ1) is 19.2. The number of halogens is 1. The van der Waals surface area contributed by atoms with Crippen molar-refractivity contribution in [1.82, 2.24) is 4.31 Å². The highest BCUT2D eigenvalue weighted by atomic mass is 35.5. The van der Waals surface area contributed by atoms with Gasteiger partial charge in [-0.05, 0) is 37.1 Å². The third-order valence-corrected chi connectivity index (χ3v) is 5.43. The van der Waals surface area contributed by atoms with Gasteiger partial charge >= 0.3 is 0 Å². The molecule has 0 radical (unpaired) electrons. The number of benzene rings is 1. The van der Waals surface area contributed by atoms with E-state index in [0.717, 1.165) is 0 Å². The van der Waals surface area contributed by atoms with Gasteiger partial charge in [0.05, 0.1) is 11.5 Å². The van der Waals surface area contributed by atoms with E-state index in [1.165, 1.54) is 4.31 Å². The van der Waals surface area contributed by atoms with Crippen LogP contribution in [-0.4, -0.2) is 52.2 Å². The van der Waals surface area contributed by atoms with Gasteiger partial charge < -0.3 is 15.2 Å². The molecule has 22 heavy (non-hydrogen) atoms. The molecule has 2 rings (SSSR count). The standard InChI is InChI=1S/C14H22N2O4S.ClH/c1-19-10-11-20-13-2-4-14(5-3-13)21(17,18)16-8-6-12(15)7-9-16;/h2-5,12H,6-11,15H2,1H3;1H. The van der Waals surface area contributed by atoms with Gasteiger partial charge in [0.2, 0.25) is 10.0 Å². The van der Waals surface area contributed by atoms with Crippen LogP contribution in [-0.2, 0) is 14.8 Å². The van der Waals surface area contributed by atoms with E-state index < -0.39 is 10.0 Å². The molecule has 0 atom stereocenters. The summed E-state index contributed by atoms with van der Waals surface area (Å²) in [7, 11) is -1.83. The van der Waals surface area contributed by atoms with Crippen LogP contribution < -0.4 is 10.5 Å². The number of methoxy groups -OCH3 is 1. The number of hydrogen-bond acceptors (Lipinski definition) is 5. The van der Waals surface area contributed by atoms with Crippen LogP contribution in [0.2, 0.25) is 0 Å². The molecule has 1 aromatic rings. The molecule has 6 nitrogen and oxygen atoms in total. The van der Waals surface area contributed by atoms with Gasteiger partial charge in [-0.3, -0.25) is 0 Å². The smallest absolute Gasteiger partial charge is 0.243 e. The van der Waals surface area contributed by atoms with Crippen LogP contribution in [0.15, 0.2) is 29.2 Å². The van der Waals surface area contributed by atoms with Crippen LogP contribution in [0.4, 0.5) is 0 Å². The lowest BCUT2D eigenvalue weighted by atomic mass is 10.1. The second kappa shape index (κ2) is 8.69. The zero-order chi connectivity index (χ0) is 15.3. The lowest BCUT2D eigenvalue weighted by Crippen LogP contribution is -2.42. The molecule has 1 aliphatic rings. The first-order chi connectivity index (χ1) is 10.0. The number of sulfonamides is 1. The summed E-state index contributed by atoms with van der Waals surface area (Å²) in [6.07, 6.45) is 1.41. The van der Waals surface area contributed by atoms with Crippen LogP contribution >= 0.6 is 12.4 Å². The zero-order valence-corrected chi connectivity index (χ0v) is 14.2. The molecule has 1 fully saturated rings. The fourth-order valence-electron chi connectivity index (χ4n) is 2.22. The van der Waals surface area contributed by atoms with Crippen molar-refractivity contribution in [2.24, 2.45) is 5.73 Å². The van der Waals surface area contributed by atoms with Gasteiger partial charge in [-0.25, -0.2) is 8.42 Å². The Morgan fingerprint density at radius 2 is 1.77 bits per heavy atom. The summed E-state index contributed by atoms with van der Waals surface area (Å²) in [5.41, 5.74) is 5.81. The molecular formula is C14H23ClN2O4S. The fourth-order valence-corrected chi connectivity index (χ4v) is 3.69. The zero-order valence-electron chi connectivity index (χ0n) is 12.6. The van der Waals surface area contributed by atoms with Crippen LogP contribution in [0.5, 0.6) is 5.75 Å². The topological polar surface area (TPSA) is 81.9 Å². The first-order valence-corrected chi connectivity index (χ1v) is 8.45. The van der Waals surface area contributed by atoms with Gasteiger partial charge in [0.25, 0.3) is 0 Å². The molecule has 0 aliphatic carbocycles. The lowest BCUT2D eigenvalue weighted by Gasteiger charge is -2.29. The lowest BCUT2D eigenvalue weighted by molar-refractivity contribution is 0.146. The number of rotatable bonds is 6. The number of hydrogen-bond donors (Lipinski definition) is 1. The highest BCUT2D eigenvalue weighted by Crippen LogP contribution is 2.22. The number of nitrogens with two attached hydrogens (primary N) is 1. The van der Waals surface area contributed by atoms with E-state index >= 15 is 0 Å². The Morgan fingerprint density at radius 3 is 2.32 bits per heavy atom. The number of piperidine rings is 1. The molecule has 1 aliphatic heterocycles. The molecule has 2 N–H and O–H groups in total. The second-order valence-electron chi connectivity index (χ2n) is 5.05. The van der Waals surface area contributed by atoms with Gasteiger partial charge in [0, 0.05) is 26.2 Å². The Labute approximate surface area is 138 Å². The highest BCUT2D eigenvalue weighted by molar-refractivity contribution is 7.89. The quantitative estimate of drug-likeness (QED) is 0.781. The van der Waals surface area contributed by atoms with Crippen molar-refractivity contribution in [3.05, 3.63) is 24.3 Å². The summed E-state index contributed by atoms with van der Waals surface area (Å²) >= 11 is 0.